The van der Waals surface area contributed by atoms with Gasteiger partial charge in [0.2, 0.25) is 0 Å². The molecule has 1 atom stereocenters. The Labute approximate surface area is 102 Å². The third kappa shape index (κ3) is 3.18. The van der Waals surface area contributed by atoms with Crippen molar-refractivity contribution in [3.8, 4) is 6.07 Å². The molecule has 1 unspecified atom stereocenters. The van der Waals surface area contributed by atoms with Crippen LogP contribution in [0.2, 0.25) is 0 Å². The first kappa shape index (κ1) is 12.3. The van der Waals surface area contributed by atoms with Gasteiger partial charge in [0.05, 0.1) is 6.07 Å². The molecule has 2 aliphatic rings. The molecule has 5 heteroatoms. The van der Waals surface area contributed by atoms with Gasteiger partial charge in [-0.15, -0.1) is 0 Å². The number of piperazine rings is 1. The lowest BCUT2D eigenvalue weighted by Gasteiger charge is -2.37. The first-order chi connectivity index (χ1) is 8.22. The molecular weight excluding hydrogens is 218 g/mol. The molecule has 2 rings (SSSR count). The summed E-state index contributed by atoms with van der Waals surface area (Å²) in [5, 5.41) is 17.8. The smallest absolute Gasteiger partial charge is 0.321 e. The van der Waals surface area contributed by atoms with Crippen molar-refractivity contribution in [2.45, 2.75) is 25.3 Å². The van der Waals surface area contributed by atoms with Crippen molar-refractivity contribution in [1.29, 1.82) is 5.26 Å². The van der Waals surface area contributed by atoms with Crippen LogP contribution in [0.15, 0.2) is 0 Å². The Balaban J connectivity index is 1.81. The van der Waals surface area contributed by atoms with E-state index in [0.29, 0.717) is 12.3 Å². The molecule has 5 nitrogen and oxygen atoms in total. The molecule has 1 N–H and O–H groups in total. The molecule has 2 fully saturated rings. The number of nitriles is 1. The number of hydrogen-bond acceptors (Lipinski definition) is 4. The van der Waals surface area contributed by atoms with Gasteiger partial charge in [0.1, 0.15) is 6.04 Å². The first-order valence-electron chi connectivity index (χ1n) is 6.28. The van der Waals surface area contributed by atoms with Gasteiger partial charge in [0.25, 0.3) is 0 Å². The summed E-state index contributed by atoms with van der Waals surface area (Å²) in [6, 6.07) is 1.88. The van der Waals surface area contributed by atoms with Crippen LogP contribution in [0.4, 0.5) is 0 Å². The van der Waals surface area contributed by atoms with E-state index in [1.807, 2.05) is 0 Å². The zero-order valence-electron chi connectivity index (χ0n) is 10.0. The summed E-state index contributed by atoms with van der Waals surface area (Å²) in [6.07, 6.45) is 2.68. The van der Waals surface area contributed by atoms with Gasteiger partial charge in [0, 0.05) is 39.1 Å². The molecule has 94 valence electrons. The fourth-order valence-corrected chi connectivity index (χ4v) is 2.54. The van der Waals surface area contributed by atoms with E-state index in [0.717, 1.165) is 45.6 Å². The van der Waals surface area contributed by atoms with Crippen LogP contribution < -0.4 is 0 Å². The highest BCUT2D eigenvalue weighted by atomic mass is 16.4. The summed E-state index contributed by atoms with van der Waals surface area (Å²) in [4.78, 5) is 15.6. The maximum Gasteiger partial charge on any atom is 0.321 e. The number of hydrogen-bond donors (Lipinski definition) is 1. The van der Waals surface area contributed by atoms with E-state index in [1.54, 1.807) is 0 Å². The second-order valence-electron chi connectivity index (χ2n) is 4.91. The molecular formula is C12H19N3O2. The van der Waals surface area contributed by atoms with Crippen LogP contribution in [-0.4, -0.2) is 59.6 Å². The van der Waals surface area contributed by atoms with Crippen LogP contribution in [0.25, 0.3) is 0 Å². The zero-order chi connectivity index (χ0) is 12.3. The molecule has 1 saturated carbocycles. The monoisotopic (exact) mass is 237 g/mol. The van der Waals surface area contributed by atoms with E-state index in [4.69, 9.17) is 5.26 Å². The van der Waals surface area contributed by atoms with Gasteiger partial charge in [0.15, 0.2) is 0 Å². The molecule has 1 aliphatic carbocycles. The summed E-state index contributed by atoms with van der Waals surface area (Å²) < 4.78 is 0. The highest BCUT2D eigenvalue weighted by Crippen LogP contribution is 2.35. The van der Waals surface area contributed by atoms with Crippen LogP contribution in [-0.2, 0) is 4.79 Å². The Hall–Kier alpha value is -1.12. The second kappa shape index (κ2) is 5.48. The lowest BCUT2D eigenvalue weighted by atomic mass is 10.1. The molecule has 17 heavy (non-hydrogen) atoms. The number of rotatable bonds is 5. The van der Waals surface area contributed by atoms with Crippen molar-refractivity contribution >= 4 is 5.97 Å². The van der Waals surface area contributed by atoms with Crippen LogP contribution in [0.3, 0.4) is 0 Å². The normalized spacial score (nSPS) is 24.2. The molecule has 1 saturated heterocycles. The van der Waals surface area contributed by atoms with Crippen molar-refractivity contribution in [1.82, 2.24) is 9.80 Å². The third-order valence-electron chi connectivity index (χ3n) is 3.66. The fourth-order valence-electron chi connectivity index (χ4n) is 2.54. The molecule has 0 bridgehead atoms. The number of aliphatic carboxylic acids is 1. The number of nitrogens with zero attached hydrogens (tertiary/aromatic N) is 3. The molecule has 1 heterocycles. The number of carboxylic acids is 1. The minimum atomic E-state index is -0.669. The quantitative estimate of drug-likeness (QED) is 0.748. The van der Waals surface area contributed by atoms with Gasteiger partial charge in [-0.05, 0) is 18.8 Å². The Morgan fingerprint density at radius 1 is 1.35 bits per heavy atom. The summed E-state index contributed by atoms with van der Waals surface area (Å²) in [6.45, 7) is 4.22. The van der Waals surface area contributed by atoms with Gasteiger partial charge in [-0.2, -0.15) is 5.26 Å². The molecule has 1 aliphatic heterocycles. The van der Waals surface area contributed by atoms with Gasteiger partial charge >= 0.3 is 5.97 Å². The topological polar surface area (TPSA) is 67.6 Å². The Bertz CT molecular complexity index is 314. The highest BCUT2D eigenvalue weighted by molar-refractivity contribution is 5.74. The molecule has 0 aromatic carbocycles. The Morgan fingerprint density at radius 2 is 2.00 bits per heavy atom. The van der Waals surface area contributed by atoms with Crippen molar-refractivity contribution in [2.75, 3.05) is 32.7 Å². The first-order valence-corrected chi connectivity index (χ1v) is 6.28. The van der Waals surface area contributed by atoms with Crippen LogP contribution in [0.1, 0.15) is 19.3 Å². The molecule has 0 aromatic rings. The van der Waals surface area contributed by atoms with Crippen molar-refractivity contribution in [3.05, 3.63) is 0 Å². The van der Waals surface area contributed by atoms with E-state index in [9.17, 15) is 9.90 Å². The zero-order valence-corrected chi connectivity index (χ0v) is 10.0. The van der Waals surface area contributed by atoms with E-state index in [-0.39, 0.29) is 6.04 Å². The average molecular weight is 237 g/mol. The van der Waals surface area contributed by atoms with Gasteiger partial charge in [-0.1, -0.05) is 0 Å². The standard InChI is InChI=1S/C12H19N3O2/c13-4-1-5-14-6-8-15(9-7-14)11(12(16)17)10-2-3-10/h10-11H,1-3,5-9H2,(H,16,17). The summed E-state index contributed by atoms with van der Waals surface area (Å²) in [5.74, 6) is -0.295. The largest absolute Gasteiger partial charge is 0.480 e. The van der Waals surface area contributed by atoms with Gasteiger partial charge < -0.3 is 5.11 Å². The maximum atomic E-state index is 11.2. The highest BCUT2D eigenvalue weighted by Gasteiger charge is 2.40. The van der Waals surface area contributed by atoms with Crippen LogP contribution in [0.5, 0.6) is 0 Å². The molecule has 0 radical (unpaired) electrons. The van der Waals surface area contributed by atoms with E-state index >= 15 is 0 Å². The van der Waals surface area contributed by atoms with E-state index in [2.05, 4.69) is 15.9 Å². The lowest BCUT2D eigenvalue weighted by molar-refractivity contribution is -0.145. The van der Waals surface area contributed by atoms with E-state index < -0.39 is 5.97 Å². The third-order valence-corrected chi connectivity index (χ3v) is 3.66. The van der Waals surface area contributed by atoms with Crippen LogP contribution >= 0.6 is 0 Å². The van der Waals surface area contributed by atoms with Crippen LogP contribution in [0, 0.1) is 17.2 Å². The van der Waals surface area contributed by atoms with Gasteiger partial charge in [-0.25, -0.2) is 0 Å². The number of carboxylic acid groups (broad SMARTS) is 1. The van der Waals surface area contributed by atoms with Crippen molar-refractivity contribution in [2.24, 2.45) is 5.92 Å². The molecule has 0 amide bonds. The Kier molecular flexibility index (Phi) is 3.97. The minimum absolute atomic E-state index is 0.270. The number of carbonyl (C=O) groups is 1. The summed E-state index contributed by atoms with van der Waals surface area (Å²) >= 11 is 0. The molecule has 0 spiro atoms. The SMILES string of the molecule is N#CCCN1CCN(C(C(=O)O)C2CC2)CC1. The average Bonchev–Trinajstić information content (AvgIpc) is 3.12. The summed E-state index contributed by atoms with van der Waals surface area (Å²) in [5.41, 5.74) is 0. The lowest BCUT2D eigenvalue weighted by Crippen LogP contribution is -2.53. The Morgan fingerprint density at radius 3 is 2.47 bits per heavy atom. The van der Waals surface area contributed by atoms with Crippen molar-refractivity contribution in [3.63, 3.8) is 0 Å². The van der Waals surface area contributed by atoms with E-state index in [1.165, 1.54) is 0 Å². The summed E-state index contributed by atoms with van der Waals surface area (Å²) in [7, 11) is 0. The fraction of sp³-hybridized carbons (Fsp3) is 0.833. The molecule has 0 aromatic heterocycles. The minimum Gasteiger partial charge on any atom is -0.480 e. The predicted molar refractivity (Wildman–Crippen MR) is 62.4 cm³/mol. The van der Waals surface area contributed by atoms with Crippen molar-refractivity contribution < 1.29 is 9.90 Å². The maximum absolute atomic E-state index is 11.2. The predicted octanol–water partition coefficient (Wildman–Crippen LogP) is 0.381. The second-order valence-corrected chi connectivity index (χ2v) is 4.91. The van der Waals surface area contributed by atoms with Gasteiger partial charge in [-0.3, -0.25) is 14.6 Å².